The fourth-order valence-electron chi connectivity index (χ4n) is 2.33. The fourth-order valence-corrected chi connectivity index (χ4v) is 2.33. The lowest BCUT2D eigenvalue weighted by Crippen LogP contribution is -2.31. The van der Waals surface area contributed by atoms with Gasteiger partial charge in [-0.25, -0.2) is 0 Å². The van der Waals surface area contributed by atoms with Gasteiger partial charge in [0.1, 0.15) is 6.61 Å². The molecule has 20 heavy (non-hydrogen) atoms. The molecular weight excluding hydrogens is 260 g/mol. The zero-order valence-electron chi connectivity index (χ0n) is 13.4. The molecule has 1 N–H and O–H groups in total. The van der Waals surface area contributed by atoms with Gasteiger partial charge < -0.3 is 14.6 Å². The molecule has 0 rings (SSSR count). The van der Waals surface area contributed by atoms with Crippen molar-refractivity contribution in [3.05, 3.63) is 0 Å². The first kappa shape index (κ1) is 18.9. The predicted octanol–water partition coefficient (Wildman–Crippen LogP) is 2.16. The van der Waals surface area contributed by atoms with Crippen molar-refractivity contribution in [1.29, 1.82) is 0 Å². The Hall–Kier alpha value is -1.10. The van der Waals surface area contributed by atoms with Crippen LogP contribution in [0.4, 0.5) is 0 Å². The molecular formula is C15H28O5. The zero-order chi connectivity index (χ0) is 15.9. The van der Waals surface area contributed by atoms with E-state index in [0.29, 0.717) is 12.8 Å². The molecule has 5 nitrogen and oxygen atoms in total. The van der Waals surface area contributed by atoms with Gasteiger partial charge in [0.15, 0.2) is 0 Å². The van der Waals surface area contributed by atoms with Gasteiger partial charge in [0.05, 0.1) is 24.5 Å². The van der Waals surface area contributed by atoms with Crippen LogP contribution in [0.25, 0.3) is 0 Å². The van der Waals surface area contributed by atoms with E-state index in [-0.39, 0.29) is 30.4 Å². The fraction of sp³-hybridized carbons (Fsp3) is 0.867. The predicted molar refractivity (Wildman–Crippen MR) is 76.0 cm³/mol. The molecule has 0 aromatic heterocycles. The number of aliphatic hydroxyl groups excluding tert-OH is 1. The molecule has 3 unspecified atom stereocenters. The molecule has 0 aromatic carbocycles. The quantitative estimate of drug-likeness (QED) is 0.693. The van der Waals surface area contributed by atoms with Crippen LogP contribution >= 0.6 is 0 Å². The smallest absolute Gasteiger partial charge is 0.311 e. The van der Waals surface area contributed by atoms with Crippen molar-refractivity contribution >= 4 is 11.9 Å². The summed E-state index contributed by atoms with van der Waals surface area (Å²) in [5.74, 6) is -0.542. The van der Waals surface area contributed by atoms with E-state index in [1.54, 1.807) is 6.92 Å². The van der Waals surface area contributed by atoms with Crippen molar-refractivity contribution < 1.29 is 24.2 Å². The summed E-state index contributed by atoms with van der Waals surface area (Å²) < 4.78 is 9.76. The van der Waals surface area contributed by atoms with E-state index in [1.165, 1.54) is 7.11 Å². The van der Waals surface area contributed by atoms with Crippen molar-refractivity contribution in [2.45, 2.75) is 53.6 Å². The number of esters is 2. The highest BCUT2D eigenvalue weighted by atomic mass is 16.5. The maximum Gasteiger partial charge on any atom is 0.311 e. The van der Waals surface area contributed by atoms with Gasteiger partial charge in [-0.3, -0.25) is 9.59 Å². The van der Waals surface area contributed by atoms with Crippen LogP contribution in [0.1, 0.15) is 47.5 Å². The van der Waals surface area contributed by atoms with Crippen LogP contribution in [0.2, 0.25) is 0 Å². The number of rotatable bonds is 8. The van der Waals surface area contributed by atoms with Crippen molar-refractivity contribution in [2.24, 2.45) is 17.3 Å². The van der Waals surface area contributed by atoms with Crippen molar-refractivity contribution in [3.63, 3.8) is 0 Å². The summed E-state index contributed by atoms with van der Waals surface area (Å²) in [6.07, 6.45) is 0.624. The maximum atomic E-state index is 12.0. The molecule has 118 valence electrons. The second kappa shape index (κ2) is 8.25. The number of methoxy groups -OCH3 is 1. The Morgan fingerprint density at radius 3 is 2.20 bits per heavy atom. The number of ether oxygens (including phenoxy) is 2. The topological polar surface area (TPSA) is 72.8 Å². The van der Waals surface area contributed by atoms with E-state index in [2.05, 4.69) is 0 Å². The van der Waals surface area contributed by atoms with Crippen LogP contribution in [-0.2, 0) is 19.1 Å². The third kappa shape index (κ3) is 6.89. The SMILES string of the molecule is COC(=O)C(C)CC(C)CC(C)(C)C(=O)OCC(C)O. The molecule has 0 aromatic rings. The van der Waals surface area contributed by atoms with Gasteiger partial charge in [-0.1, -0.05) is 13.8 Å². The summed E-state index contributed by atoms with van der Waals surface area (Å²) in [5, 5.41) is 9.13. The lowest BCUT2D eigenvalue weighted by Gasteiger charge is -2.27. The van der Waals surface area contributed by atoms with Crippen molar-refractivity contribution in [3.8, 4) is 0 Å². The van der Waals surface area contributed by atoms with Gasteiger partial charge in [-0.2, -0.15) is 0 Å². The molecule has 0 radical (unpaired) electrons. The van der Waals surface area contributed by atoms with Gasteiger partial charge in [0, 0.05) is 0 Å². The number of carbonyl (C=O) groups excluding carboxylic acids is 2. The average molecular weight is 288 g/mol. The van der Waals surface area contributed by atoms with E-state index >= 15 is 0 Å². The number of hydrogen-bond donors (Lipinski definition) is 1. The second-order valence-corrected chi connectivity index (χ2v) is 6.30. The number of aliphatic hydroxyl groups is 1. The van der Waals surface area contributed by atoms with E-state index in [1.807, 2.05) is 27.7 Å². The van der Waals surface area contributed by atoms with Gasteiger partial charge in [0.2, 0.25) is 0 Å². The first-order valence-electron chi connectivity index (χ1n) is 7.03. The monoisotopic (exact) mass is 288 g/mol. The Balaban J connectivity index is 4.36. The summed E-state index contributed by atoms with van der Waals surface area (Å²) in [6, 6.07) is 0. The molecule has 0 heterocycles. The third-order valence-corrected chi connectivity index (χ3v) is 3.23. The largest absolute Gasteiger partial charge is 0.469 e. The Kier molecular flexibility index (Phi) is 7.79. The molecule has 0 aliphatic rings. The zero-order valence-corrected chi connectivity index (χ0v) is 13.4. The van der Waals surface area contributed by atoms with E-state index < -0.39 is 11.5 Å². The number of hydrogen-bond acceptors (Lipinski definition) is 5. The Bertz CT molecular complexity index is 322. The standard InChI is InChI=1S/C15H28O5/c1-10(7-11(2)13(17)19-6)8-15(4,5)14(18)20-9-12(3)16/h10-12,16H,7-9H2,1-6H3. The minimum absolute atomic E-state index is 0.00913. The Morgan fingerprint density at radius 1 is 1.20 bits per heavy atom. The molecule has 0 fully saturated rings. The Morgan fingerprint density at radius 2 is 1.75 bits per heavy atom. The lowest BCUT2D eigenvalue weighted by molar-refractivity contribution is -0.157. The van der Waals surface area contributed by atoms with Gasteiger partial charge in [-0.05, 0) is 39.5 Å². The second-order valence-electron chi connectivity index (χ2n) is 6.30. The summed E-state index contributed by atoms with van der Waals surface area (Å²) in [6.45, 7) is 9.04. The molecule has 0 saturated heterocycles. The van der Waals surface area contributed by atoms with Gasteiger partial charge in [-0.15, -0.1) is 0 Å². The highest BCUT2D eigenvalue weighted by molar-refractivity contribution is 5.76. The molecule has 5 heteroatoms. The van der Waals surface area contributed by atoms with E-state index in [0.717, 1.165) is 0 Å². The van der Waals surface area contributed by atoms with E-state index in [9.17, 15) is 9.59 Å². The molecule has 0 aliphatic carbocycles. The summed E-state index contributed by atoms with van der Waals surface area (Å²) in [4.78, 5) is 23.3. The van der Waals surface area contributed by atoms with Gasteiger partial charge in [0.25, 0.3) is 0 Å². The molecule has 0 spiro atoms. The average Bonchev–Trinajstić information content (AvgIpc) is 2.33. The minimum Gasteiger partial charge on any atom is -0.469 e. The lowest BCUT2D eigenvalue weighted by atomic mass is 9.80. The van der Waals surface area contributed by atoms with Crippen LogP contribution in [0.5, 0.6) is 0 Å². The van der Waals surface area contributed by atoms with Crippen LogP contribution in [0.3, 0.4) is 0 Å². The third-order valence-electron chi connectivity index (χ3n) is 3.23. The van der Waals surface area contributed by atoms with Gasteiger partial charge >= 0.3 is 11.9 Å². The van der Waals surface area contributed by atoms with Crippen LogP contribution in [0, 0.1) is 17.3 Å². The van der Waals surface area contributed by atoms with Crippen molar-refractivity contribution in [1.82, 2.24) is 0 Å². The summed E-state index contributed by atoms with van der Waals surface area (Å²) >= 11 is 0. The highest BCUT2D eigenvalue weighted by Gasteiger charge is 2.32. The molecule has 0 bridgehead atoms. The van der Waals surface area contributed by atoms with Crippen LogP contribution < -0.4 is 0 Å². The summed E-state index contributed by atoms with van der Waals surface area (Å²) in [5.41, 5.74) is -0.635. The first-order valence-corrected chi connectivity index (χ1v) is 7.03. The molecule has 0 amide bonds. The highest BCUT2D eigenvalue weighted by Crippen LogP contribution is 2.30. The minimum atomic E-state index is -0.661. The maximum absolute atomic E-state index is 12.0. The van der Waals surface area contributed by atoms with E-state index in [4.69, 9.17) is 14.6 Å². The Labute approximate surface area is 121 Å². The molecule has 0 aliphatic heterocycles. The molecule has 3 atom stereocenters. The normalized spacial score (nSPS) is 16.1. The van der Waals surface area contributed by atoms with Crippen LogP contribution in [0.15, 0.2) is 0 Å². The van der Waals surface area contributed by atoms with Crippen molar-refractivity contribution in [2.75, 3.05) is 13.7 Å². The number of carbonyl (C=O) groups is 2. The molecule has 0 saturated carbocycles. The summed E-state index contributed by atoms with van der Waals surface area (Å²) in [7, 11) is 1.38. The first-order chi connectivity index (χ1) is 9.10. The van der Waals surface area contributed by atoms with Crippen LogP contribution in [-0.4, -0.2) is 36.9 Å².